The Bertz CT molecular complexity index is 1260. The largest absolute Gasteiger partial charge is 0.487 e. The molecule has 0 aliphatic carbocycles. The van der Waals surface area contributed by atoms with Crippen molar-refractivity contribution in [3.05, 3.63) is 71.0 Å². The molecule has 0 bridgehead atoms. The van der Waals surface area contributed by atoms with Gasteiger partial charge in [-0.15, -0.1) is 15.9 Å². The van der Waals surface area contributed by atoms with Crippen molar-refractivity contribution in [2.45, 2.75) is 83.4 Å². The number of ether oxygens (including phenoxy) is 2. The molecule has 2 atom stereocenters. The molecule has 1 aliphatic rings. The maximum absolute atomic E-state index is 12.5. The Morgan fingerprint density at radius 3 is 2.72 bits per heavy atom. The Kier molecular flexibility index (Phi) is 9.66. The van der Waals surface area contributed by atoms with Crippen LogP contribution in [-0.2, 0) is 29.0 Å². The number of nitrogens with zero attached hydrogens (tertiary/aromatic N) is 4. The molecule has 4 rings (SSSR count). The van der Waals surface area contributed by atoms with Gasteiger partial charge < -0.3 is 9.47 Å². The first kappa shape index (κ1) is 29.1. The van der Waals surface area contributed by atoms with Crippen molar-refractivity contribution in [2.24, 2.45) is 0 Å². The summed E-state index contributed by atoms with van der Waals surface area (Å²) < 4.78 is 37.8. The van der Waals surface area contributed by atoms with Gasteiger partial charge >= 0.3 is 5.97 Å². The van der Waals surface area contributed by atoms with Crippen LogP contribution in [0.25, 0.3) is 0 Å². The third kappa shape index (κ3) is 7.00. The maximum Gasteiger partial charge on any atom is 0.306 e. The van der Waals surface area contributed by atoms with E-state index in [4.69, 9.17) is 9.47 Å². The zero-order chi connectivity index (χ0) is 28.0. The first-order chi connectivity index (χ1) is 18.7. The summed E-state index contributed by atoms with van der Waals surface area (Å²) >= 11 is 0. The fraction of sp³-hybridized carbons (Fsp3) is 0.483. The first-order valence-corrected chi connectivity index (χ1v) is 15.2. The number of aryl methyl sites for hydroxylation is 3. The molecule has 10 heteroatoms. The van der Waals surface area contributed by atoms with Crippen molar-refractivity contribution in [2.75, 3.05) is 13.2 Å². The second kappa shape index (κ2) is 13.0. The molecule has 1 aliphatic heterocycles. The van der Waals surface area contributed by atoms with Crippen LogP contribution in [0.15, 0.2) is 53.6 Å². The summed E-state index contributed by atoms with van der Waals surface area (Å²) in [6.45, 7) is 9.70. The van der Waals surface area contributed by atoms with Crippen LogP contribution >= 0.6 is 10.8 Å². The summed E-state index contributed by atoms with van der Waals surface area (Å²) in [5, 5.41) is 8.39. The van der Waals surface area contributed by atoms with Gasteiger partial charge in [-0.2, -0.15) is 4.31 Å². The summed E-state index contributed by atoms with van der Waals surface area (Å²) in [6, 6.07) is 13.4. The van der Waals surface area contributed by atoms with Crippen molar-refractivity contribution >= 4 is 16.7 Å². The lowest BCUT2D eigenvalue weighted by Crippen LogP contribution is -2.34. The van der Waals surface area contributed by atoms with Crippen LogP contribution in [0.3, 0.4) is 0 Å². The number of hydrogen-bond acceptors (Lipinski definition) is 8. The van der Waals surface area contributed by atoms with E-state index in [0.717, 1.165) is 35.3 Å². The quantitative estimate of drug-likeness (QED) is 0.278. The number of fused-ring (bicyclic) bond motifs is 1. The number of esters is 1. The van der Waals surface area contributed by atoms with E-state index in [0.29, 0.717) is 43.2 Å². The fourth-order valence-corrected chi connectivity index (χ4v) is 6.49. The van der Waals surface area contributed by atoms with Gasteiger partial charge in [0.05, 0.1) is 25.3 Å². The van der Waals surface area contributed by atoms with Crippen molar-refractivity contribution < 1.29 is 23.4 Å². The zero-order valence-corrected chi connectivity index (χ0v) is 24.1. The highest BCUT2D eigenvalue weighted by molar-refractivity contribution is 8.22. The van der Waals surface area contributed by atoms with E-state index in [-0.39, 0.29) is 24.4 Å². The zero-order valence-electron chi connectivity index (χ0n) is 23.2. The van der Waals surface area contributed by atoms with Crippen molar-refractivity contribution in [3.8, 4) is 5.75 Å². The van der Waals surface area contributed by atoms with Gasteiger partial charge in [0.25, 0.3) is 0 Å². The lowest BCUT2D eigenvalue weighted by atomic mass is 9.88. The number of aromatic nitrogens is 3. The highest BCUT2D eigenvalue weighted by Crippen LogP contribution is 2.57. The van der Waals surface area contributed by atoms with Crippen molar-refractivity contribution in [1.29, 1.82) is 0 Å². The summed E-state index contributed by atoms with van der Waals surface area (Å²) in [6.07, 6.45) is 4.17. The van der Waals surface area contributed by atoms with E-state index in [2.05, 4.69) is 22.4 Å². The Hall–Kier alpha value is -2.92. The predicted molar refractivity (Wildman–Crippen MR) is 152 cm³/mol. The molecule has 212 valence electrons. The predicted octanol–water partition coefficient (Wildman–Crippen LogP) is 5.97. The van der Waals surface area contributed by atoms with Gasteiger partial charge in [-0.05, 0) is 74.8 Å². The molecule has 0 fully saturated rings. The molecule has 2 aromatic carbocycles. The maximum atomic E-state index is 12.5. The standard InChI is InChI=1S/C29H40N4O5S/c1-5-26-20-33(39(35,36)28-11-9-8-10-27(28)38-26)18-24-16-22(13-12-21(24)4)23(17-29(34)37-7-3)14-15-25-19-32(6-2)31-30-25/h8-13,16,19,23,26,35-36H,5-7,14-15,17-18,20H2,1-4H3. The van der Waals surface area contributed by atoms with Crippen LogP contribution in [0.2, 0.25) is 0 Å². The summed E-state index contributed by atoms with van der Waals surface area (Å²) in [5.41, 5.74) is 3.93. The van der Waals surface area contributed by atoms with Gasteiger partial charge in [-0.1, -0.05) is 42.5 Å². The van der Waals surface area contributed by atoms with Crippen LogP contribution in [0.5, 0.6) is 5.75 Å². The highest BCUT2D eigenvalue weighted by Gasteiger charge is 2.35. The molecular formula is C29H40N4O5S. The molecule has 39 heavy (non-hydrogen) atoms. The fourth-order valence-electron chi connectivity index (χ4n) is 4.87. The monoisotopic (exact) mass is 556 g/mol. The first-order valence-electron chi connectivity index (χ1n) is 13.7. The molecule has 2 unspecified atom stereocenters. The van der Waals surface area contributed by atoms with Crippen molar-refractivity contribution in [1.82, 2.24) is 19.3 Å². The lowest BCUT2D eigenvalue weighted by Gasteiger charge is -2.42. The molecule has 2 N–H and O–H groups in total. The van der Waals surface area contributed by atoms with Gasteiger partial charge in [-0.3, -0.25) is 18.6 Å². The van der Waals surface area contributed by atoms with E-state index in [9.17, 15) is 13.9 Å². The van der Waals surface area contributed by atoms with E-state index in [1.54, 1.807) is 27.2 Å². The van der Waals surface area contributed by atoms with Crippen LogP contribution in [0.4, 0.5) is 0 Å². The van der Waals surface area contributed by atoms with Gasteiger partial charge in [0.15, 0.2) is 0 Å². The molecule has 0 radical (unpaired) electrons. The number of para-hydroxylation sites is 1. The molecule has 9 nitrogen and oxygen atoms in total. The van der Waals surface area contributed by atoms with Gasteiger partial charge in [0.1, 0.15) is 16.7 Å². The highest BCUT2D eigenvalue weighted by atomic mass is 32.3. The third-order valence-electron chi connectivity index (χ3n) is 7.23. The van der Waals surface area contributed by atoms with Crippen LogP contribution < -0.4 is 4.74 Å². The van der Waals surface area contributed by atoms with Crippen LogP contribution in [0, 0.1) is 6.92 Å². The van der Waals surface area contributed by atoms with E-state index >= 15 is 0 Å². The topological polar surface area (TPSA) is 110 Å². The minimum Gasteiger partial charge on any atom is -0.487 e. The number of carbonyl (C=O) groups excluding carboxylic acids is 1. The SMILES string of the molecule is CCOC(=O)CC(CCc1cn(CC)nn1)c1ccc(C)c(CN2CC(CC)Oc3ccccc3S2(O)O)c1. The van der Waals surface area contributed by atoms with Gasteiger partial charge in [0, 0.05) is 19.3 Å². The Morgan fingerprint density at radius 2 is 2.00 bits per heavy atom. The average Bonchev–Trinajstić information content (AvgIpc) is 3.35. The molecule has 0 spiro atoms. The minimum atomic E-state index is -3.27. The molecule has 3 aromatic rings. The average molecular weight is 557 g/mol. The molecule has 2 heterocycles. The molecular weight excluding hydrogens is 516 g/mol. The van der Waals surface area contributed by atoms with E-state index in [1.165, 1.54) is 0 Å². The summed E-state index contributed by atoms with van der Waals surface area (Å²) in [7, 11) is -3.27. The normalized spacial score (nSPS) is 18.5. The summed E-state index contributed by atoms with van der Waals surface area (Å²) in [4.78, 5) is 12.9. The smallest absolute Gasteiger partial charge is 0.306 e. The molecule has 0 amide bonds. The lowest BCUT2D eigenvalue weighted by molar-refractivity contribution is -0.143. The second-order valence-corrected chi connectivity index (χ2v) is 11.9. The number of rotatable bonds is 11. The van der Waals surface area contributed by atoms with E-state index < -0.39 is 10.8 Å². The minimum absolute atomic E-state index is 0.0767. The number of benzene rings is 2. The van der Waals surface area contributed by atoms with Crippen LogP contribution in [-0.4, -0.2) is 53.6 Å². The second-order valence-electron chi connectivity index (χ2n) is 9.93. The summed E-state index contributed by atoms with van der Waals surface area (Å²) in [5.74, 6) is 0.210. The van der Waals surface area contributed by atoms with Gasteiger partial charge in [0.2, 0.25) is 0 Å². The van der Waals surface area contributed by atoms with Gasteiger partial charge in [-0.25, -0.2) is 0 Å². The van der Waals surface area contributed by atoms with Crippen molar-refractivity contribution in [3.63, 3.8) is 0 Å². The molecule has 0 saturated carbocycles. The molecule has 1 aromatic heterocycles. The Labute approximate surface area is 232 Å². The van der Waals surface area contributed by atoms with E-state index in [1.807, 2.05) is 46.0 Å². The molecule has 0 saturated heterocycles. The number of carbonyl (C=O) groups is 1. The Balaban J connectivity index is 1.61. The van der Waals surface area contributed by atoms with Crippen LogP contribution in [0.1, 0.15) is 68.3 Å². The number of hydrogen-bond donors (Lipinski definition) is 2. The Morgan fingerprint density at radius 1 is 1.21 bits per heavy atom. The third-order valence-corrected chi connectivity index (χ3v) is 9.15.